The fourth-order valence-corrected chi connectivity index (χ4v) is 3.49. The van der Waals surface area contributed by atoms with Crippen LogP contribution in [0.3, 0.4) is 0 Å². The van der Waals surface area contributed by atoms with Crippen LogP contribution in [0.25, 0.3) is 0 Å². The summed E-state index contributed by atoms with van der Waals surface area (Å²) in [7, 11) is 0. The zero-order chi connectivity index (χ0) is 12.4. The molecule has 3 rings (SSSR count). The smallest absolute Gasteiger partial charge is 0.0365 e. The number of rotatable bonds is 3. The van der Waals surface area contributed by atoms with E-state index in [1.165, 1.54) is 45.3 Å². The Hall–Kier alpha value is -0.860. The SMILES string of the molecule is CCCN[C@@H]1CCN2CCc3ccccc3[C@@H]2C1. The molecule has 0 amide bonds. The minimum absolute atomic E-state index is 0.665. The van der Waals surface area contributed by atoms with Crippen molar-refractivity contribution in [3.8, 4) is 0 Å². The first-order valence-electron chi connectivity index (χ1n) is 7.43. The molecular weight excluding hydrogens is 220 g/mol. The van der Waals surface area contributed by atoms with Gasteiger partial charge >= 0.3 is 0 Å². The normalized spacial score (nSPS) is 27.6. The van der Waals surface area contributed by atoms with Gasteiger partial charge in [-0.25, -0.2) is 0 Å². The third kappa shape index (κ3) is 2.32. The van der Waals surface area contributed by atoms with Gasteiger partial charge in [0.2, 0.25) is 0 Å². The molecule has 0 saturated carbocycles. The highest BCUT2D eigenvalue weighted by atomic mass is 15.2. The van der Waals surface area contributed by atoms with Crippen molar-refractivity contribution in [2.24, 2.45) is 0 Å². The molecule has 0 aromatic heterocycles. The molecule has 0 spiro atoms. The first-order chi connectivity index (χ1) is 8.88. The largest absolute Gasteiger partial charge is 0.314 e. The molecule has 0 radical (unpaired) electrons. The summed E-state index contributed by atoms with van der Waals surface area (Å²) in [6.45, 7) is 5.93. The number of nitrogens with one attached hydrogen (secondary N) is 1. The monoisotopic (exact) mass is 244 g/mol. The molecule has 2 nitrogen and oxygen atoms in total. The second-order valence-electron chi connectivity index (χ2n) is 5.68. The van der Waals surface area contributed by atoms with Gasteiger partial charge in [-0.15, -0.1) is 0 Å². The van der Waals surface area contributed by atoms with Crippen LogP contribution in [0.4, 0.5) is 0 Å². The third-order valence-corrected chi connectivity index (χ3v) is 4.48. The summed E-state index contributed by atoms with van der Waals surface area (Å²) < 4.78 is 0. The van der Waals surface area contributed by atoms with Crippen molar-refractivity contribution in [2.45, 2.75) is 44.7 Å². The molecule has 1 aromatic rings. The lowest BCUT2D eigenvalue weighted by atomic mass is 9.85. The van der Waals surface area contributed by atoms with Gasteiger partial charge in [0, 0.05) is 25.2 Å². The van der Waals surface area contributed by atoms with Gasteiger partial charge in [0.15, 0.2) is 0 Å². The molecular formula is C16H24N2. The van der Waals surface area contributed by atoms with E-state index in [2.05, 4.69) is 41.4 Å². The lowest BCUT2D eigenvalue weighted by Crippen LogP contribution is -2.47. The Balaban J connectivity index is 1.75. The number of piperidine rings is 1. The number of fused-ring (bicyclic) bond motifs is 3. The van der Waals surface area contributed by atoms with Gasteiger partial charge in [0.05, 0.1) is 0 Å². The molecule has 1 fully saturated rings. The Morgan fingerprint density at radius 2 is 2.17 bits per heavy atom. The molecule has 2 heterocycles. The van der Waals surface area contributed by atoms with Crippen molar-refractivity contribution < 1.29 is 0 Å². The van der Waals surface area contributed by atoms with E-state index in [1.807, 2.05) is 0 Å². The van der Waals surface area contributed by atoms with Crippen molar-refractivity contribution in [2.75, 3.05) is 19.6 Å². The first-order valence-corrected chi connectivity index (χ1v) is 7.43. The van der Waals surface area contributed by atoms with Gasteiger partial charge in [-0.3, -0.25) is 4.90 Å². The fourth-order valence-electron chi connectivity index (χ4n) is 3.49. The van der Waals surface area contributed by atoms with Crippen LogP contribution in [-0.4, -0.2) is 30.6 Å². The molecule has 98 valence electrons. The van der Waals surface area contributed by atoms with E-state index in [4.69, 9.17) is 0 Å². The average molecular weight is 244 g/mol. The molecule has 1 aromatic carbocycles. The maximum Gasteiger partial charge on any atom is 0.0365 e. The van der Waals surface area contributed by atoms with Crippen LogP contribution in [0, 0.1) is 0 Å². The van der Waals surface area contributed by atoms with Crippen LogP contribution in [-0.2, 0) is 6.42 Å². The van der Waals surface area contributed by atoms with Crippen LogP contribution < -0.4 is 5.32 Å². The van der Waals surface area contributed by atoms with Crippen molar-refractivity contribution in [3.63, 3.8) is 0 Å². The molecule has 1 saturated heterocycles. The Morgan fingerprint density at radius 1 is 1.28 bits per heavy atom. The Kier molecular flexibility index (Phi) is 3.67. The summed E-state index contributed by atoms with van der Waals surface area (Å²) in [5, 5.41) is 3.71. The van der Waals surface area contributed by atoms with Crippen LogP contribution in [0.2, 0.25) is 0 Å². The highest BCUT2D eigenvalue weighted by molar-refractivity contribution is 5.33. The van der Waals surface area contributed by atoms with E-state index < -0.39 is 0 Å². The molecule has 2 aliphatic rings. The average Bonchev–Trinajstić information content (AvgIpc) is 2.45. The second-order valence-corrected chi connectivity index (χ2v) is 5.68. The summed E-state index contributed by atoms with van der Waals surface area (Å²) in [4.78, 5) is 2.69. The summed E-state index contributed by atoms with van der Waals surface area (Å²) in [6.07, 6.45) is 5.08. The molecule has 2 aliphatic heterocycles. The van der Waals surface area contributed by atoms with Gasteiger partial charge < -0.3 is 5.32 Å². The maximum atomic E-state index is 3.71. The number of hydrogen-bond acceptors (Lipinski definition) is 2. The van der Waals surface area contributed by atoms with Gasteiger partial charge in [-0.2, -0.15) is 0 Å². The second kappa shape index (κ2) is 5.41. The lowest BCUT2D eigenvalue weighted by molar-refractivity contribution is 0.116. The number of benzene rings is 1. The topological polar surface area (TPSA) is 15.3 Å². The molecule has 0 bridgehead atoms. The highest BCUT2D eigenvalue weighted by Crippen LogP contribution is 2.36. The van der Waals surface area contributed by atoms with Crippen molar-refractivity contribution in [1.82, 2.24) is 10.2 Å². The quantitative estimate of drug-likeness (QED) is 0.879. The molecule has 0 unspecified atom stereocenters. The summed E-state index contributed by atoms with van der Waals surface area (Å²) in [5.74, 6) is 0. The third-order valence-electron chi connectivity index (χ3n) is 4.48. The molecule has 0 aliphatic carbocycles. The summed E-state index contributed by atoms with van der Waals surface area (Å²) in [6, 6.07) is 10.4. The van der Waals surface area contributed by atoms with Crippen molar-refractivity contribution in [1.29, 1.82) is 0 Å². The predicted octanol–water partition coefficient (Wildman–Crippen LogP) is 2.75. The van der Waals surface area contributed by atoms with Gasteiger partial charge in [0.1, 0.15) is 0 Å². The highest BCUT2D eigenvalue weighted by Gasteiger charge is 2.32. The van der Waals surface area contributed by atoms with Crippen LogP contribution in [0.5, 0.6) is 0 Å². The van der Waals surface area contributed by atoms with E-state index in [1.54, 1.807) is 11.1 Å². The Bertz CT molecular complexity index is 402. The van der Waals surface area contributed by atoms with Crippen molar-refractivity contribution in [3.05, 3.63) is 35.4 Å². The minimum Gasteiger partial charge on any atom is -0.314 e. The lowest BCUT2D eigenvalue weighted by Gasteiger charge is -2.43. The van der Waals surface area contributed by atoms with E-state index in [0.717, 1.165) is 6.04 Å². The molecule has 2 heteroatoms. The van der Waals surface area contributed by atoms with E-state index in [-0.39, 0.29) is 0 Å². The standard InChI is InChI=1S/C16H24N2/c1-2-9-17-14-8-11-18-10-7-13-5-3-4-6-15(13)16(18)12-14/h3-6,14,16-17H,2,7-12H2,1H3/t14-,16+/m1/s1. The van der Waals surface area contributed by atoms with E-state index in [0.29, 0.717) is 6.04 Å². The van der Waals surface area contributed by atoms with E-state index >= 15 is 0 Å². The van der Waals surface area contributed by atoms with Crippen LogP contribution in [0.1, 0.15) is 43.4 Å². The Labute approximate surface area is 110 Å². The zero-order valence-electron chi connectivity index (χ0n) is 11.4. The van der Waals surface area contributed by atoms with E-state index in [9.17, 15) is 0 Å². The summed E-state index contributed by atoms with van der Waals surface area (Å²) in [5.41, 5.74) is 3.17. The predicted molar refractivity (Wildman–Crippen MR) is 75.8 cm³/mol. The molecule has 1 N–H and O–H groups in total. The Morgan fingerprint density at radius 3 is 3.06 bits per heavy atom. The van der Waals surface area contributed by atoms with Gasteiger partial charge in [0.25, 0.3) is 0 Å². The first kappa shape index (κ1) is 12.2. The van der Waals surface area contributed by atoms with Crippen LogP contribution in [0.15, 0.2) is 24.3 Å². The maximum absolute atomic E-state index is 3.71. The fraction of sp³-hybridized carbons (Fsp3) is 0.625. The zero-order valence-corrected chi connectivity index (χ0v) is 11.4. The molecule has 2 atom stereocenters. The number of nitrogens with zero attached hydrogens (tertiary/aromatic N) is 1. The summed E-state index contributed by atoms with van der Waals surface area (Å²) >= 11 is 0. The van der Waals surface area contributed by atoms with Gasteiger partial charge in [-0.1, -0.05) is 31.2 Å². The minimum atomic E-state index is 0.665. The number of hydrogen-bond donors (Lipinski definition) is 1. The van der Waals surface area contributed by atoms with Crippen molar-refractivity contribution >= 4 is 0 Å². The van der Waals surface area contributed by atoms with Gasteiger partial charge in [-0.05, 0) is 43.4 Å². The molecule has 18 heavy (non-hydrogen) atoms. The van der Waals surface area contributed by atoms with Crippen LogP contribution >= 0.6 is 0 Å².